The summed E-state index contributed by atoms with van der Waals surface area (Å²) in [5, 5.41) is 17.3. The van der Waals surface area contributed by atoms with Crippen LogP contribution < -0.4 is 4.90 Å². The van der Waals surface area contributed by atoms with Gasteiger partial charge in [-0.15, -0.1) is 20.4 Å². The first kappa shape index (κ1) is 14.9. The fraction of sp³-hybridized carbons (Fsp3) is 0.529. The maximum Gasteiger partial charge on any atom is 0.265 e. The number of rotatable bonds is 2. The van der Waals surface area contributed by atoms with Crippen LogP contribution in [0.1, 0.15) is 47.0 Å². The third kappa shape index (κ3) is 2.67. The average molecular weight is 297 g/mol. The highest BCUT2D eigenvalue weighted by atomic mass is 15.4. The highest BCUT2D eigenvalue weighted by Gasteiger charge is 2.43. The van der Waals surface area contributed by atoms with Crippen LogP contribution >= 0.6 is 0 Å². The Hall–Kier alpha value is -2.04. The first-order chi connectivity index (χ1) is 10.4. The van der Waals surface area contributed by atoms with E-state index in [2.05, 4.69) is 53.0 Å². The largest absolute Gasteiger partial charge is 0.328 e. The maximum absolute atomic E-state index is 4.37. The molecular weight excluding hydrogens is 274 g/mol. The molecule has 22 heavy (non-hydrogen) atoms. The van der Waals surface area contributed by atoms with Gasteiger partial charge >= 0.3 is 0 Å². The van der Waals surface area contributed by atoms with E-state index in [1.165, 1.54) is 6.42 Å². The Bertz CT molecular complexity index is 618. The molecule has 1 aliphatic heterocycles. The molecule has 5 nitrogen and oxygen atoms in total. The Balaban J connectivity index is 1.95. The molecule has 1 aromatic carbocycles. The minimum absolute atomic E-state index is 0.0133. The van der Waals surface area contributed by atoms with Crippen molar-refractivity contribution < 1.29 is 0 Å². The molecule has 5 heteroatoms. The molecule has 0 unspecified atom stereocenters. The zero-order valence-corrected chi connectivity index (χ0v) is 13.7. The minimum Gasteiger partial charge on any atom is -0.328 e. The molecular formula is C17H23N5. The topological polar surface area (TPSA) is 54.8 Å². The van der Waals surface area contributed by atoms with Crippen molar-refractivity contribution in [1.29, 1.82) is 0 Å². The summed E-state index contributed by atoms with van der Waals surface area (Å²) in [6.45, 7) is 8.95. The molecule has 0 aliphatic carbocycles. The molecule has 116 valence electrons. The second-order valence-electron chi connectivity index (χ2n) is 7.20. The SMILES string of the molecule is CC1(C)CCCC(C)(C)N1c1nnc(-c2ccccc2)nn1. The van der Waals surface area contributed by atoms with Gasteiger partial charge in [-0.3, -0.25) is 0 Å². The number of benzene rings is 1. The summed E-state index contributed by atoms with van der Waals surface area (Å²) in [6.07, 6.45) is 3.47. The fourth-order valence-corrected chi connectivity index (χ4v) is 3.55. The molecule has 1 aromatic heterocycles. The number of aromatic nitrogens is 4. The van der Waals surface area contributed by atoms with E-state index in [4.69, 9.17) is 0 Å². The molecule has 1 fully saturated rings. The van der Waals surface area contributed by atoms with Gasteiger partial charge in [-0.1, -0.05) is 30.3 Å². The van der Waals surface area contributed by atoms with E-state index in [-0.39, 0.29) is 11.1 Å². The van der Waals surface area contributed by atoms with Crippen LogP contribution in [0.25, 0.3) is 11.4 Å². The van der Waals surface area contributed by atoms with Crippen molar-refractivity contribution >= 4 is 5.95 Å². The summed E-state index contributed by atoms with van der Waals surface area (Å²) in [7, 11) is 0. The summed E-state index contributed by atoms with van der Waals surface area (Å²) in [5.41, 5.74) is 0.963. The van der Waals surface area contributed by atoms with Crippen LogP contribution in [-0.4, -0.2) is 31.5 Å². The van der Waals surface area contributed by atoms with E-state index in [1.54, 1.807) is 0 Å². The summed E-state index contributed by atoms with van der Waals surface area (Å²) in [5.74, 6) is 1.19. The zero-order valence-electron chi connectivity index (χ0n) is 13.7. The zero-order chi connectivity index (χ0) is 15.8. The summed E-state index contributed by atoms with van der Waals surface area (Å²) in [6, 6.07) is 9.82. The van der Waals surface area contributed by atoms with E-state index < -0.39 is 0 Å². The van der Waals surface area contributed by atoms with Crippen molar-refractivity contribution in [3.05, 3.63) is 30.3 Å². The monoisotopic (exact) mass is 297 g/mol. The van der Waals surface area contributed by atoms with Gasteiger partial charge in [0.25, 0.3) is 5.95 Å². The van der Waals surface area contributed by atoms with E-state index in [9.17, 15) is 0 Å². The van der Waals surface area contributed by atoms with Crippen molar-refractivity contribution in [3.8, 4) is 11.4 Å². The Morgan fingerprint density at radius 3 is 1.91 bits per heavy atom. The Morgan fingerprint density at radius 1 is 0.818 bits per heavy atom. The predicted octanol–water partition coefficient (Wildman–Crippen LogP) is 3.48. The molecule has 2 heterocycles. The first-order valence-electron chi connectivity index (χ1n) is 7.83. The van der Waals surface area contributed by atoms with Crippen LogP contribution in [0.15, 0.2) is 30.3 Å². The van der Waals surface area contributed by atoms with Crippen molar-refractivity contribution in [2.45, 2.75) is 58.0 Å². The lowest BCUT2D eigenvalue weighted by molar-refractivity contribution is 0.238. The summed E-state index contributed by atoms with van der Waals surface area (Å²) >= 11 is 0. The van der Waals surface area contributed by atoms with E-state index in [0.717, 1.165) is 18.4 Å². The van der Waals surface area contributed by atoms with Gasteiger partial charge in [0.2, 0.25) is 5.82 Å². The summed E-state index contributed by atoms with van der Waals surface area (Å²) in [4.78, 5) is 2.28. The number of hydrogen-bond donors (Lipinski definition) is 0. The van der Waals surface area contributed by atoms with Gasteiger partial charge in [0.1, 0.15) is 0 Å². The third-order valence-electron chi connectivity index (χ3n) is 4.49. The van der Waals surface area contributed by atoms with Crippen molar-refractivity contribution in [2.75, 3.05) is 4.90 Å². The molecule has 3 rings (SSSR count). The molecule has 0 bridgehead atoms. The summed E-state index contributed by atoms with van der Waals surface area (Å²) < 4.78 is 0. The Morgan fingerprint density at radius 2 is 1.36 bits per heavy atom. The minimum atomic E-state index is 0.0133. The highest BCUT2D eigenvalue weighted by Crippen LogP contribution is 2.39. The predicted molar refractivity (Wildman–Crippen MR) is 87.5 cm³/mol. The lowest BCUT2D eigenvalue weighted by Crippen LogP contribution is -2.59. The molecule has 0 spiro atoms. The molecule has 0 atom stereocenters. The molecule has 0 saturated carbocycles. The van der Waals surface area contributed by atoms with Crippen LogP contribution in [0.3, 0.4) is 0 Å². The van der Waals surface area contributed by atoms with Crippen LogP contribution in [0, 0.1) is 0 Å². The third-order valence-corrected chi connectivity index (χ3v) is 4.49. The van der Waals surface area contributed by atoms with Gasteiger partial charge in [0, 0.05) is 16.6 Å². The second kappa shape index (κ2) is 5.30. The smallest absolute Gasteiger partial charge is 0.265 e. The standard InChI is InChI=1S/C17H23N5/c1-16(2)11-8-12-17(3,4)22(16)15-20-18-14(19-21-15)13-9-6-5-7-10-13/h5-7,9-10H,8,11-12H2,1-4H3. The number of nitrogens with zero attached hydrogens (tertiary/aromatic N) is 5. The van der Waals surface area contributed by atoms with E-state index in [0.29, 0.717) is 11.8 Å². The Kier molecular flexibility index (Phi) is 3.59. The van der Waals surface area contributed by atoms with Gasteiger partial charge in [-0.2, -0.15) is 0 Å². The molecule has 1 saturated heterocycles. The van der Waals surface area contributed by atoms with E-state index >= 15 is 0 Å². The molecule has 0 N–H and O–H groups in total. The van der Waals surface area contributed by atoms with Crippen LogP contribution in [0.2, 0.25) is 0 Å². The second-order valence-corrected chi connectivity index (χ2v) is 7.20. The van der Waals surface area contributed by atoms with Gasteiger partial charge in [0.15, 0.2) is 0 Å². The van der Waals surface area contributed by atoms with Gasteiger partial charge < -0.3 is 4.90 Å². The number of piperidine rings is 1. The van der Waals surface area contributed by atoms with Crippen molar-refractivity contribution in [2.24, 2.45) is 0 Å². The van der Waals surface area contributed by atoms with Crippen LogP contribution in [0.5, 0.6) is 0 Å². The van der Waals surface area contributed by atoms with Gasteiger partial charge in [-0.05, 0) is 47.0 Å². The number of hydrogen-bond acceptors (Lipinski definition) is 5. The van der Waals surface area contributed by atoms with Crippen molar-refractivity contribution in [1.82, 2.24) is 20.4 Å². The number of anilines is 1. The lowest BCUT2D eigenvalue weighted by Gasteiger charge is -2.52. The average Bonchev–Trinajstić information content (AvgIpc) is 2.47. The molecule has 1 aliphatic rings. The maximum atomic E-state index is 4.37. The molecule has 0 amide bonds. The highest BCUT2D eigenvalue weighted by molar-refractivity contribution is 5.53. The quantitative estimate of drug-likeness (QED) is 0.849. The van der Waals surface area contributed by atoms with Crippen LogP contribution in [0.4, 0.5) is 5.95 Å². The first-order valence-corrected chi connectivity index (χ1v) is 7.83. The van der Waals surface area contributed by atoms with Gasteiger partial charge in [-0.25, -0.2) is 0 Å². The van der Waals surface area contributed by atoms with Crippen LogP contribution in [-0.2, 0) is 0 Å². The normalized spacial score (nSPS) is 19.9. The fourth-order valence-electron chi connectivity index (χ4n) is 3.55. The van der Waals surface area contributed by atoms with E-state index in [1.807, 2.05) is 30.3 Å². The van der Waals surface area contributed by atoms with Crippen molar-refractivity contribution in [3.63, 3.8) is 0 Å². The lowest BCUT2D eigenvalue weighted by atomic mass is 9.80. The molecule has 0 radical (unpaired) electrons. The van der Waals surface area contributed by atoms with Gasteiger partial charge in [0.05, 0.1) is 0 Å². The molecule has 2 aromatic rings. The Labute approximate surface area is 131 Å².